The van der Waals surface area contributed by atoms with Crippen molar-refractivity contribution in [1.29, 1.82) is 0 Å². The summed E-state index contributed by atoms with van der Waals surface area (Å²) < 4.78 is 5.26. The first-order valence-corrected chi connectivity index (χ1v) is 10.1. The summed E-state index contributed by atoms with van der Waals surface area (Å²) in [5.41, 5.74) is 0.752. The fraction of sp³-hybridized carbons (Fsp3) is 0.773. The van der Waals surface area contributed by atoms with Gasteiger partial charge in [-0.1, -0.05) is 27.7 Å². The summed E-state index contributed by atoms with van der Waals surface area (Å²) in [6, 6.07) is 0. The van der Waals surface area contributed by atoms with Gasteiger partial charge in [0, 0.05) is 19.8 Å². The predicted octanol–water partition coefficient (Wildman–Crippen LogP) is 4.40. The van der Waals surface area contributed by atoms with Gasteiger partial charge >= 0.3 is 11.9 Å². The molecule has 0 aliphatic heterocycles. The van der Waals surface area contributed by atoms with Crippen LogP contribution in [0.15, 0.2) is 11.6 Å². The van der Waals surface area contributed by atoms with Crippen molar-refractivity contribution >= 4 is 17.7 Å². The third kappa shape index (κ3) is 4.61. The molecule has 0 heterocycles. The van der Waals surface area contributed by atoms with E-state index in [-0.39, 0.29) is 47.4 Å². The van der Waals surface area contributed by atoms with E-state index in [1.165, 1.54) is 6.92 Å². The molecule has 152 valence electrons. The quantitative estimate of drug-likeness (QED) is 0.664. The minimum Gasteiger partial charge on any atom is -0.481 e. The lowest BCUT2D eigenvalue weighted by Crippen LogP contribution is -2.52. The summed E-state index contributed by atoms with van der Waals surface area (Å²) in [5, 5.41) is 9.05. The average molecular weight is 379 g/mol. The number of carboxylic acid groups (broad SMARTS) is 1. The molecule has 2 aliphatic rings. The molecule has 1 fully saturated rings. The monoisotopic (exact) mass is 378 g/mol. The van der Waals surface area contributed by atoms with Crippen LogP contribution in [0.2, 0.25) is 0 Å². The zero-order valence-corrected chi connectivity index (χ0v) is 17.3. The topological polar surface area (TPSA) is 80.7 Å². The molecule has 27 heavy (non-hydrogen) atoms. The summed E-state index contributed by atoms with van der Waals surface area (Å²) in [7, 11) is 0. The lowest BCUT2D eigenvalue weighted by Gasteiger charge is -2.58. The maximum Gasteiger partial charge on any atom is 0.303 e. The van der Waals surface area contributed by atoms with E-state index in [1.54, 1.807) is 6.08 Å². The number of carbonyl (C=O) groups excluding carboxylic acids is 2. The molecule has 5 heteroatoms. The lowest BCUT2D eigenvalue weighted by atomic mass is 9.46. The van der Waals surface area contributed by atoms with Crippen LogP contribution in [0.1, 0.15) is 73.1 Å². The average Bonchev–Trinajstić information content (AvgIpc) is 2.56. The van der Waals surface area contributed by atoms with E-state index in [0.717, 1.165) is 31.3 Å². The van der Waals surface area contributed by atoms with E-state index >= 15 is 0 Å². The Bertz CT molecular complexity index is 637. The number of rotatable bonds is 7. The zero-order valence-electron chi connectivity index (χ0n) is 17.3. The highest BCUT2D eigenvalue weighted by atomic mass is 16.5. The summed E-state index contributed by atoms with van der Waals surface area (Å²) in [6.07, 6.45) is 6.20. The third-order valence-electron chi connectivity index (χ3n) is 7.39. The highest BCUT2D eigenvalue weighted by Gasteiger charge is 2.55. The highest BCUT2D eigenvalue weighted by Crippen LogP contribution is 2.61. The van der Waals surface area contributed by atoms with E-state index in [4.69, 9.17) is 9.84 Å². The molecule has 0 saturated heterocycles. The normalized spacial score (nSPS) is 34.4. The molecule has 1 saturated carbocycles. The molecule has 1 N–H and O–H groups in total. The van der Waals surface area contributed by atoms with Crippen molar-refractivity contribution in [2.45, 2.75) is 73.1 Å². The fourth-order valence-electron chi connectivity index (χ4n) is 5.32. The summed E-state index contributed by atoms with van der Waals surface area (Å²) in [6.45, 7) is 10.3. The van der Waals surface area contributed by atoms with Crippen LogP contribution in [0.3, 0.4) is 0 Å². The number of hydrogen-bond donors (Lipinski definition) is 1. The Morgan fingerprint density at radius 2 is 2.04 bits per heavy atom. The molecule has 0 aromatic carbocycles. The van der Waals surface area contributed by atoms with E-state index in [1.807, 2.05) is 6.92 Å². The first kappa shape index (κ1) is 21.6. The van der Waals surface area contributed by atoms with Gasteiger partial charge in [0.05, 0.1) is 0 Å². The molecule has 2 rings (SSSR count). The number of hydrogen-bond acceptors (Lipinski definition) is 4. The van der Waals surface area contributed by atoms with Crippen LogP contribution in [0.5, 0.6) is 0 Å². The molecular weight excluding hydrogens is 344 g/mol. The lowest BCUT2D eigenvalue weighted by molar-refractivity contribution is -0.142. The van der Waals surface area contributed by atoms with E-state index < -0.39 is 5.97 Å². The highest BCUT2D eigenvalue weighted by molar-refractivity contribution is 5.92. The van der Waals surface area contributed by atoms with Gasteiger partial charge in [0.2, 0.25) is 0 Å². The first-order valence-electron chi connectivity index (χ1n) is 10.1. The van der Waals surface area contributed by atoms with Crippen LogP contribution in [0.25, 0.3) is 0 Å². The number of carboxylic acids is 1. The molecule has 0 aromatic rings. The molecule has 0 bridgehead atoms. The molecule has 0 amide bonds. The van der Waals surface area contributed by atoms with Crippen LogP contribution in [-0.4, -0.2) is 29.4 Å². The van der Waals surface area contributed by atoms with Crippen LogP contribution < -0.4 is 0 Å². The van der Waals surface area contributed by atoms with Crippen LogP contribution in [0, 0.1) is 28.6 Å². The number of ether oxygens (including phenoxy) is 1. The van der Waals surface area contributed by atoms with E-state index in [9.17, 15) is 14.4 Å². The van der Waals surface area contributed by atoms with Gasteiger partial charge in [0.15, 0.2) is 5.78 Å². The number of allylic oxidation sites excluding steroid dienone is 1. The second kappa shape index (κ2) is 8.15. The Morgan fingerprint density at radius 3 is 2.63 bits per heavy atom. The Balaban J connectivity index is 2.26. The number of ketones is 1. The van der Waals surface area contributed by atoms with Gasteiger partial charge in [0.1, 0.15) is 6.61 Å². The van der Waals surface area contributed by atoms with Crippen molar-refractivity contribution in [1.82, 2.24) is 0 Å². The van der Waals surface area contributed by atoms with Gasteiger partial charge in [-0.25, -0.2) is 0 Å². The number of carbonyl (C=O) groups is 3. The molecule has 0 radical (unpaired) electrons. The van der Waals surface area contributed by atoms with E-state index in [2.05, 4.69) is 20.8 Å². The molecule has 0 unspecified atom stereocenters. The summed E-state index contributed by atoms with van der Waals surface area (Å²) in [5.74, 6) is -0.201. The predicted molar refractivity (Wildman–Crippen MR) is 103 cm³/mol. The second-order valence-electron chi connectivity index (χ2n) is 9.28. The van der Waals surface area contributed by atoms with Crippen molar-refractivity contribution in [2.24, 2.45) is 28.6 Å². The van der Waals surface area contributed by atoms with Gasteiger partial charge in [-0.05, 0) is 65.9 Å². The van der Waals surface area contributed by atoms with Crippen molar-refractivity contribution < 1.29 is 24.2 Å². The third-order valence-corrected chi connectivity index (χ3v) is 7.39. The zero-order chi connectivity index (χ0) is 20.4. The Hall–Kier alpha value is -1.65. The minimum absolute atomic E-state index is 0.0366. The smallest absolute Gasteiger partial charge is 0.303 e. The fourth-order valence-corrected chi connectivity index (χ4v) is 5.32. The van der Waals surface area contributed by atoms with Crippen LogP contribution in [-0.2, 0) is 19.1 Å². The van der Waals surface area contributed by atoms with Crippen LogP contribution in [0.4, 0.5) is 0 Å². The van der Waals surface area contributed by atoms with Crippen molar-refractivity contribution in [2.75, 3.05) is 6.61 Å². The molecule has 0 aromatic heterocycles. The summed E-state index contributed by atoms with van der Waals surface area (Å²) >= 11 is 0. The summed E-state index contributed by atoms with van der Waals surface area (Å²) in [4.78, 5) is 34.8. The van der Waals surface area contributed by atoms with Gasteiger partial charge in [0.25, 0.3) is 0 Å². The van der Waals surface area contributed by atoms with Crippen LogP contribution >= 0.6 is 0 Å². The second-order valence-corrected chi connectivity index (χ2v) is 9.28. The Kier molecular flexibility index (Phi) is 6.54. The minimum atomic E-state index is -0.756. The SMILES string of the molecule is CC(=O)OCC1=CC(=O)C[C@@H]2[C@@](C)(CC[C@@H](C)CC(=O)O)[C@H](C)CC[C@@]12C. The number of aliphatic carboxylic acids is 1. The number of fused-ring (bicyclic) bond motifs is 1. The van der Waals surface area contributed by atoms with Gasteiger partial charge < -0.3 is 9.84 Å². The Morgan fingerprint density at radius 1 is 1.37 bits per heavy atom. The maximum absolute atomic E-state index is 12.5. The van der Waals surface area contributed by atoms with Gasteiger partial charge in [-0.15, -0.1) is 0 Å². The standard InChI is InChI=1S/C22H34O5/c1-14(10-20(25)26)6-8-21(4)15(2)7-9-22(5)17(13-27-16(3)23)11-18(24)12-19(21)22/h11,14-15,19H,6-10,12-13H2,1-5H3,(H,25,26)/t14-,15-,19-,21+,22+/m1/s1. The molecular formula is C22H34O5. The van der Waals surface area contributed by atoms with Crippen molar-refractivity contribution in [3.8, 4) is 0 Å². The molecule has 0 spiro atoms. The maximum atomic E-state index is 12.5. The Labute approximate surface area is 162 Å². The largest absolute Gasteiger partial charge is 0.481 e. The molecule has 5 nitrogen and oxygen atoms in total. The molecule has 5 atom stereocenters. The van der Waals surface area contributed by atoms with Crippen molar-refractivity contribution in [3.05, 3.63) is 11.6 Å². The first-order chi connectivity index (χ1) is 12.5. The molecule has 2 aliphatic carbocycles. The van der Waals surface area contributed by atoms with Gasteiger partial charge in [-0.2, -0.15) is 0 Å². The van der Waals surface area contributed by atoms with Gasteiger partial charge in [-0.3, -0.25) is 14.4 Å². The number of esters is 1. The van der Waals surface area contributed by atoms with Crippen molar-refractivity contribution in [3.63, 3.8) is 0 Å². The van der Waals surface area contributed by atoms with E-state index in [0.29, 0.717) is 12.3 Å².